The molecule has 0 aliphatic rings. The topological polar surface area (TPSA) is 83.7 Å². The van der Waals surface area contributed by atoms with Crippen LogP contribution in [0.15, 0.2) is 71.3 Å². The Morgan fingerprint density at radius 2 is 2.00 bits per heavy atom. The highest BCUT2D eigenvalue weighted by molar-refractivity contribution is 5.89. The molecule has 4 rings (SSSR count). The van der Waals surface area contributed by atoms with Crippen molar-refractivity contribution in [1.29, 1.82) is 0 Å². The van der Waals surface area contributed by atoms with Crippen LogP contribution in [0.25, 0.3) is 28.8 Å². The fourth-order valence-electron chi connectivity index (χ4n) is 2.94. The molecule has 7 heteroatoms. The van der Waals surface area contributed by atoms with Crippen LogP contribution in [0.2, 0.25) is 0 Å². The molecular formula is C24H20N2O5. The SMILES string of the molecule is CCOc1ccc(/C=C/C(=O)Oc2ccc3nc(-c4ccccn4)oc3c2)cc1OC. The number of benzene rings is 2. The van der Waals surface area contributed by atoms with E-state index >= 15 is 0 Å². The second kappa shape index (κ2) is 9.13. The number of esters is 1. The van der Waals surface area contributed by atoms with Gasteiger partial charge in [-0.3, -0.25) is 4.98 Å². The fourth-order valence-corrected chi connectivity index (χ4v) is 2.94. The largest absolute Gasteiger partial charge is 0.493 e. The molecule has 0 radical (unpaired) electrons. The van der Waals surface area contributed by atoms with Gasteiger partial charge in [0.05, 0.1) is 13.7 Å². The molecule has 0 amide bonds. The van der Waals surface area contributed by atoms with Gasteiger partial charge in [0.25, 0.3) is 0 Å². The van der Waals surface area contributed by atoms with E-state index in [4.69, 9.17) is 18.6 Å². The van der Waals surface area contributed by atoms with Crippen molar-refractivity contribution in [3.63, 3.8) is 0 Å². The zero-order valence-electron chi connectivity index (χ0n) is 17.1. The summed E-state index contributed by atoms with van der Waals surface area (Å²) in [4.78, 5) is 20.9. The van der Waals surface area contributed by atoms with E-state index < -0.39 is 5.97 Å². The van der Waals surface area contributed by atoms with Crippen LogP contribution in [0, 0.1) is 0 Å². The lowest BCUT2D eigenvalue weighted by Gasteiger charge is -2.09. The Morgan fingerprint density at radius 1 is 1.10 bits per heavy atom. The molecule has 7 nitrogen and oxygen atoms in total. The first-order valence-corrected chi connectivity index (χ1v) is 9.69. The molecule has 0 saturated heterocycles. The van der Waals surface area contributed by atoms with Crippen LogP contribution < -0.4 is 14.2 Å². The number of oxazole rings is 1. The minimum absolute atomic E-state index is 0.357. The quantitative estimate of drug-likeness (QED) is 0.240. The van der Waals surface area contributed by atoms with Crippen molar-refractivity contribution < 1.29 is 23.4 Å². The maximum absolute atomic E-state index is 12.3. The number of hydrogen-bond donors (Lipinski definition) is 0. The Balaban J connectivity index is 1.47. The lowest BCUT2D eigenvalue weighted by Crippen LogP contribution is -2.03. The van der Waals surface area contributed by atoms with Crippen molar-refractivity contribution in [1.82, 2.24) is 9.97 Å². The summed E-state index contributed by atoms with van der Waals surface area (Å²) in [6.45, 7) is 2.44. The van der Waals surface area contributed by atoms with Gasteiger partial charge in [-0.15, -0.1) is 0 Å². The van der Waals surface area contributed by atoms with Crippen molar-refractivity contribution in [2.24, 2.45) is 0 Å². The molecule has 0 fully saturated rings. The number of carbonyl (C=O) groups is 1. The standard InChI is InChI=1S/C24H20N2O5/c1-3-29-20-11-7-16(14-22(20)28-2)8-12-23(27)30-17-9-10-18-21(15-17)31-24(26-18)19-6-4-5-13-25-19/h4-15H,3H2,1-2H3/b12-8+. The van der Waals surface area contributed by atoms with Gasteiger partial charge < -0.3 is 18.6 Å². The van der Waals surface area contributed by atoms with E-state index in [9.17, 15) is 4.79 Å². The molecule has 0 saturated carbocycles. The van der Waals surface area contributed by atoms with Crippen LogP contribution in [-0.2, 0) is 4.79 Å². The molecule has 0 aliphatic heterocycles. The number of aromatic nitrogens is 2. The molecule has 31 heavy (non-hydrogen) atoms. The summed E-state index contributed by atoms with van der Waals surface area (Å²) in [5.74, 6) is 1.49. The number of fused-ring (bicyclic) bond motifs is 1. The number of rotatable bonds is 7. The van der Waals surface area contributed by atoms with Crippen LogP contribution >= 0.6 is 0 Å². The molecule has 0 atom stereocenters. The summed E-state index contributed by atoms with van der Waals surface area (Å²) in [6.07, 6.45) is 4.66. The predicted molar refractivity (Wildman–Crippen MR) is 116 cm³/mol. The van der Waals surface area contributed by atoms with Gasteiger partial charge in [0.2, 0.25) is 5.89 Å². The Morgan fingerprint density at radius 3 is 2.77 bits per heavy atom. The highest BCUT2D eigenvalue weighted by atomic mass is 16.5. The van der Waals surface area contributed by atoms with E-state index in [0.29, 0.717) is 46.5 Å². The normalized spacial score (nSPS) is 11.0. The van der Waals surface area contributed by atoms with Crippen LogP contribution in [0.1, 0.15) is 12.5 Å². The summed E-state index contributed by atoms with van der Waals surface area (Å²) < 4.78 is 22.0. The summed E-state index contributed by atoms with van der Waals surface area (Å²) in [5, 5.41) is 0. The Labute approximate surface area is 178 Å². The minimum atomic E-state index is -0.517. The van der Waals surface area contributed by atoms with Gasteiger partial charge in [0.1, 0.15) is 17.0 Å². The third-order valence-electron chi connectivity index (χ3n) is 4.36. The van der Waals surface area contributed by atoms with Gasteiger partial charge in [0, 0.05) is 18.3 Å². The molecule has 0 bridgehead atoms. The average molecular weight is 416 g/mol. The molecule has 2 heterocycles. The molecule has 0 spiro atoms. The van der Waals surface area contributed by atoms with Crippen molar-refractivity contribution in [2.75, 3.05) is 13.7 Å². The van der Waals surface area contributed by atoms with Crippen LogP contribution in [0.4, 0.5) is 0 Å². The molecule has 4 aromatic rings. The lowest BCUT2D eigenvalue weighted by atomic mass is 10.2. The number of ether oxygens (including phenoxy) is 3. The third-order valence-corrected chi connectivity index (χ3v) is 4.36. The number of hydrogen-bond acceptors (Lipinski definition) is 7. The van der Waals surface area contributed by atoms with E-state index in [2.05, 4.69) is 9.97 Å². The van der Waals surface area contributed by atoms with E-state index in [1.54, 1.807) is 49.7 Å². The number of nitrogens with zero attached hydrogens (tertiary/aromatic N) is 2. The summed E-state index contributed by atoms with van der Waals surface area (Å²) in [7, 11) is 1.57. The van der Waals surface area contributed by atoms with E-state index in [0.717, 1.165) is 5.56 Å². The second-order valence-electron chi connectivity index (χ2n) is 6.46. The first kappa shape index (κ1) is 20.2. The van der Waals surface area contributed by atoms with Crippen LogP contribution in [0.3, 0.4) is 0 Å². The number of carbonyl (C=O) groups excluding carboxylic acids is 1. The predicted octanol–water partition coefficient (Wildman–Crippen LogP) is 4.92. The summed E-state index contributed by atoms with van der Waals surface area (Å²) in [5.41, 5.74) is 2.57. The summed E-state index contributed by atoms with van der Waals surface area (Å²) in [6, 6.07) is 15.9. The first-order chi connectivity index (χ1) is 15.2. The Bertz CT molecular complexity index is 1230. The molecular weight excluding hydrogens is 396 g/mol. The van der Waals surface area contributed by atoms with Gasteiger partial charge >= 0.3 is 5.97 Å². The number of methoxy groups -OCH3 is 1. The van der Waals surface area contributed by atoms with Crippen LogP contribution in [0.5, 0.6) is 17.2 Å². The molecule has 156 valence electrons. The smallest absolute Gasteiger partial charge is 0.336 e. The van der Waals surface area contributed by atoms with Gasteiger partial charge in [-0.05, 0) is 55.0 Å². The summed E-state index contributed by atoms with van der Waals surface area (Å²) >= 11 is 0. The number of pyridine rings is 1. The van der Waals surface area contributed by atoms with Crippen molar-refractivity contribution >= 4 is 23.1 Å². The zero-order chi connectivity index (χ0) is 21.6. The van der Waals surface area contributed by atoms with E-state index in [-0.39, 0.29) is 0 Å². The Kier molecular flexibility index (Phi) is 5.93. The highest BCUT2D eigenvalue weighted by Gasteiger charge is 2.11. The van der Waals surface area contributed by atoms with Crippen molar-refractivity contribution in [3.05, 3.63) is 72.4 Å². The first-order valence-electron chi connectivity index (χ1n) is 9.69. The third kappa shape index (κ3) is 4.72. The van der Waals surface area contributed by atoms with Gasteiger partial charge in [0.15, 0.2) is 17.1 Å². The lowest BCUT2D eigenvalue weighted by molar-refractivity contribution is -0.128. The van der Waals surface area contributed by atoms with E-state index in [1.807, 2.05) is 31.2 Å². The molecule has 0 N–H and O–H groups in total. The molecule has 2 aromatic carbocycles. The van der Waals surface area contributed by atoms with Gasteiger partial charge in [-0.25, -0.2) is 9.78 Å². The van der Waals surface area contributed by atoms with Crippen molar-refractivity contribution in [3.8, 4) is 28.8 Å². The van der Waals surface area contributed by atoms with Crippen molar-refractivity contribution in [2.45, 2.75) is 6.92 Å². The molecule has 0 unspecified atom stereocenters. The van der Waals surface area contributed by atoms with Crippen LogP contribution in [-0.4, -0.2) is 29.7 Å². The molecule has 0 aliphatic carbocycles. The zero-order valence-corrected chi connectivity index (χ0v) is 17.1. The van der Waals surface area contributed by atoms with Gasteiger partial charge in [-0.1, -0.05) is 12.1 Å². The highest BCUT2D eigenvalue weighted by Crippen LogP contribution is 2.29. The van der Waals surface area contributed by atoms with Gasteiger partial charge in [-0.2, -0.15) is 0 Å². The monoisotopic (exact) mass is 416 g/mol. The maximum Gasteiger partial charge on any atom is 0.336 e. The maximum atomic E-state index is 12.3. The molecule has 2 aromatic heterocycles. The fraction of sp³-hybridized carbons (Fsp3) is 0.125. The Hall–Kier alpha value is -4.13. The minimum Gasteiger partial charge on any atom is -0.493 e. The van der Waals surface area contributed by atoms with E-state index in [1.165, 1.54) is 6.08 Å². The second-order valence-corrected chi connectivity index (χ2v) is 6.46. The average Bonchev–Trinajstić information content (AvgIpc) is 3.22.